The van der Waals surface area contributed by atoms with E-state index in [1.165, 1.54) is 23.3 Å². The largest absolute Gasteiger partial charge is 0.378 e. The zero-order valence-electron chi connectivity index (χ0n) is 17.4. The SMILES string of the molecule is Cc1cccc(Cc2nc3c(c(N4CCOCC4)n2)N=C(Nc2cccc(F)c2)C3)c1. The Morgan fingerprint density at radius 1 is 1.06 bits per heavy atom. The average molecular weight is 417 g/mol. The molecule has 0 bridgehead atoms. The Morgan fingerprint density at radius 3 is 2.71 bits per heavy atom. The number of aromatic nitrogens is 2. The van der Waals surface area contributed by atoms with Crippen LogP contribution < -0.4 is 10.2 Å². The van der Waals surface area contributed by atoms with Gasteiger partial charge in [-0.05, 0) is 30.7 Å². The molecule has 2 aliphatic heterocycles. The Morgan fingerprint density at radius 2 is 1.90 bits per heavy atom. The number of anilines is 2. The fourth-order valence-corrected chi connectivity index (χ4v) is 3.99. The van der Waals surface area contributed by atoms with Crippen molar-refractivity contribution in [3.63, 3.8) is 0 Å². The maximum atomic E-state index is 13.6. The van der Waals surface area contributed by atoms with Gasteiger partial charge in [0.1, 0.15) is 23.2 Å². The number of ether oxygens (including phenoxy) is 1. The number of benzene rings is 2. The minimum Gasteiger partial charge on any atom is -0.378 e. The first kappa shape index (κ1) is 19.6. The summed E-state index contributed by atoms with van der Waals surface area (Å²) in [5.74, 6) is 2.10. The molecule has 2 aliphatic rings. The second-order valence-electron chi connectivity index (χ2n) is 7.89. The lowest BCUT2D eigenvalue weighted by Crippen LogP contribution is -2.37. The summed E-state index contributed by atoms with van der Waals surface area (Å²) >= 11 is 0. The smallest absolute Gasteiger partial charge is 0.158 e. The minimum absolute atomic E-state index is 0.282. The Hall–Kier alpha value is -3.32. The van der Waals surface area contributed by atoms with Gasteiger partial charge in [0.2, 0.25) is 0 Å². The number of nitrogens with zero attached hydrogens (tertiary/aromatic N) is 4. The third-order valence-electron chi connectivity index (χ3n) is 5.43. The fraction of sp³-hybridized carbons (Fsp3) is 0.292. The van der Waals surface area contributed by atoms with Crippen LogP contribution in [0.5, 0.6) is 0 Å². The number of hydrogen-bond acceptors (Lipinski definition) is 6. The second-order valence-corrected chi connectivity index (χ2v) is 7.89. The highest BCUT2D eigenvalue weighted by molar-refractivity contribution is 6.02. The van der Waals surface area contributed by atoms with Gasteiger partial charge < -0.3 is 15.0 Å². The number of fused-ring (bicyclic) bond motifs is 1. The summed E-state index contributed by atoms with van der Waals surface area (Å²) in [5.41, 5.74) is 4.78. The van der Waals surface area contributed by atoms with Crippen LogP contribution in [0.15, 0.2) is 53.5 Å². The molecule has 3 aromatic rings. The number of rotatable bonds is 4. The summed E-state index contributed by atoms with van der Waals surface area (Å²) < 4.78 is 19.1. The molecule has 1 aromatic heterocycles. The number of aryl methyl sites for hydroxylation is 1. The predicted molar refractivity (Wildman–Crippen MR) is 120 cm³/mol. The first-order valence-electron chi connectivity index (χ1n) is 10.5. The number of nitrogens with one attached hydrogen (secondary N) is 1. The third kappa shape index (κ3) is 4.41. The summed E-state index contributed by atoms with van der Waals surface area (Å²) in [4.78, 5) is 16.8. The molecule has 3 heterocycles. The first-order valence-corrected chi connectivity index (χ1v) is 10.5. The minimum atomic E-state index is -0.282. The molecule has 0 saturated carbocycles. The van der Waals surface area contributed by atoms with E-state index >= 15 is 0 Å². The Bertz CT molecular complexity index is 1140. The monoisotopic (exact) mass is 417 g/mol. The van der Waals surface area contributed by atoms with Crippen molar-refractivity contribution in [2.45, 2.75) is 19.8 Å². The van der Waals surface area contributed by atoms with Gasteiger partial charge in [0, 0.05) is 25.2 Å². The van der Waals surface area contributed by atoms with E-state index in [1.807, 2.05) is 6.07 Å². The summed E-state index contributed by atoms with van der Waals surface area (Å²) in [6.07, 6.45) is 1.23. The van der Waals surface area contributed by atoms with E-state index < -0.39 is 0 Å². The van der Waals surface area contributed by atoms with Crippen LogP contribution in [0, 0.1) is 12.7 Å². The van der Waals surface area contributed by atoms with Crippen molar-refractivity contribution in [1.82, 2.24) is 9.97 Å². The van der Waals surface area contributed by atoms with Gasteiger partial charge in [0.15, 0.2) is 5.82 Å². The predicted octanol–water partition coefficient (Wildman–Crippen LogP) is 4.05. The number of amidine groups is 1. The van der Waals surface area contributed by atoms with Gasteiger partial charge in [0.05, 0.1) is 25.3 Å². The number of morpholine rings is 1. The van der Waals surface area contributed by atoms with Crippen LogP contribution in [0.4, 0.5) is 21.6 Å². The van der Waals surface area contributed by atoms with Crippen LogP contribution in [0.25, 0.3) is 0 Å². The molecule has 0 unspecified atom stereocenters. The first-order chi connectivity index (χ1) is 15.1. The zero-order valence-corrected chi connectivity index (χ0v) is 17.4. The summed E-state index contributed by atoms with van der Waals surface area (Å²) in [6.45, 7) is 4.98. The van der Waals surface area contributed by atoms with Gasteiger partial charge in [0.25, 0.3) is 0 Å². The van der Waals surface area contributed by atoms with E-state index in [-0.39, 0.29) is 5.82 Å². The Balaban J connectivity index is 1.47. The van der Waals surface area contributed by atoms with E-state index in [1.54, 1.807) is 6.07 Å². The molecule has 0 atom stereocenters. The molecule has 6 nitrogen and oxygen atoms in total. The fourth-order valence-electron chi connectivity index (χ4n) is 3.99. The van der Waals surface area contributed by atoms with Crippen LogP contribution in [0.3, 0.4) is 0 Å². The van der Waals surface area contributed by atoms with Crippen LogP contribution >= 0.6 is 0 Å². The van der Waals surface area contributed by atoms with Crippen molar-refractivity contribution in [3.8, 4) is 0 Å². The van der Waals surface area contributed by atoms with Crippen molar-refractivity contribution in [2.75, 3.05) is 36.5 Å². The molecule has 158 valence electrons. The topological polar surface area (TPSA) is 62.6 Å². The van der Waals surface area contributed by atoms with E-state index in [0.717, 1.165) is 41.9 Å². The molecule has 0 spiro atoms. The van der Waals surface area contributed by atoms with E-state index in [4.69, 9.17) is 19.7 Å². The summed E-state index contributed by atoms with van der Waals surface area (Å²) in [6, 6.07) is 14.8. The highest BCUT2D eigenvalue weighted by Gasteiger charge is 2.26. The lowest BCUT2D eigenvalue weighted by molar-refractivity contribution is 0.122. The van der Waals surface area contributed by atoms with Crippen molar-refractivity contribution < 1.29 is 9.13 Å². The number of aliphatic imine (C=N–C) groups is 1. The molecule has 0 amide bonds. The second kappa shape index (κ2) is 8.43. The third-order valence-corrected chi connectivity index (χ3v) is 5.43. The molecule has 7 heteroatoms. The van der Waals surface area contributed by atoms with Crippen LogP contribution in [-0.2, 0) is 17.6 Å². The maximum Gasteiger partial charge on any atom is 0.158 e. The van der Waals surface area contributed by atoms with E-state index in [2.05, 4.69) is 41.4 Å². The molecule has 0 aliphatic carbocycles. The highest BCUT2D eigenvalue weighted by atomic mass is 19.1. The molecule has 31 heavy (non-hydrogen) atoms. The lowest BCUT2D eigenvalue weighted by atomic mass is 10.1. The quantitative estimate of drug-likeness (QED) is 0.694. The molecule has 1 fully saturated rings. The van der Waals surface area contributed by atoms with Crippen LogP contribution in [0.2, 0.25) is 0 Å². The van der Waals surface area contributed by atoms with Gasteiger partial charge in [-0.15, -0.1) is 0 Å². The molecular weight excluding hydrogens is 393 g/mol. The standard InChI is InChI=1S/C24H24FN5O/c1-16-4-2-5-17(12-16)13-21-27-20-15-22(26-19-7-3-6-18(25)14-19)28-23(20)24(29-21)30-8-10-31-11-9-30/h2-7,12,14H,8-11,13,15H2,1H3,(H,26,28). The van der Waals surface area contributed by atoms with Crippen molar-refractivity contribution >= 4 is 23.0 Å². The van der Waals surface area contributed by atoms with Crippen molar-refractivity contribution in [2.24, 2.45) is 4.99 Å². The molecule has 0 radical (unpaired) electrons. The molecule has 1 N–H and O–H groups in total. The van der Waals surface area contributed by atoms with Gasteiger partial charge in [-0.1, -0.05) is 35.9 Å². The van der Waals surface area contributed by atoms with Crippen LogP contribution in [-0.4, -0.2) is 42.1 Å². The Kier molecular flexibility index (Phi) is 5.34. The highest BCUT2D eigenvalue weighted by Crippen LogP contribution is 2.35. The van der Waals surface area contributed by atoms with Crippen molar-refractivity contribution in [3.05, 3.63) is 77.0 Å². The maximum absolute atomic E-state index is 13.6. The van der Waals surface area contributed by atoms with Gasteiger partial charge in [-0.2, -0.15) is 0 Å². The van der Waals surface area contributed by atoms with Gasteiger partial charge in [-0.25, -0.2) is 19.4 Å². The molecule has 1 saturated heterocycles. The summed E-state index contributed by atoms with van der Waals surface area (Å²) in [7, 11) is 0. The molecule has 5 rings (SSSR count). The van der Waals surface area contributed by atoms with Crippen molar-refractivity contribution in [1.29, 1.82) is 0 Å². The molecular formula is C24H24FN5O. The van der Waals surface area contributed by atoms with Gasteiger partial charge in [-0.3, -0.25) is 0 Å². The lowest BCUT2D eigenvalue weighted by Gasteiger charge is -2.28. The molecule has 2 aromatic carbocycles. The van der Waals surface area contributed by atoms with Crippen LogP contribution in [0.1, 0.15) is 22.6 Å². The summed E-state index contributed by atoms with van der Waals surface area (Å²) in [5, 5.41) is 3.23. The van der Waals surface area contributed by atoms with Gasteiger partial charge >= 0.3 is 0 Å². The van der Waals surface area contributed by atoms with E-state index in [0.29, 0.717) is 31.7 Å². The normalized spacial score (nSPS) is 15.5. The average Bonchev–Trinajstić information content (AvgIpc) is 3.16. The zero-order chi connectivity index (χ0) is 21.2. The number of hydrogen-bond donors (Lipinski definition) is 1. The Labute approximate surface area is 180 Å². The van der Waals surface area contributed by atoms with E-state index in [9.17, 15) is 4.39 Å². The number of halogens is 1.